The smallest absolute Gasteiger partial charge is 0.252 e. The predicted octanol–water partition coefficient (Wildman–Crippen LogP) is 5.01. The second-order valence-electron chi connectivity index (χ2n) is 8.52. The van der Waals surface area contributed by atoms with Gasteiger partial charge in [0.2, 0.25) is 0 Å². The fraction of sp³-hybridized carbons (Fsp3) is 0.348. The van der Waals surface area contributed by atoms with Crippen LogP contribution < -0.4 is 5.73 Å². The molecule has 0 aliphatic heterocycles. The Kier molecular flexibility index (Phi) is 4.73. The molecule has 4 rings (SSSR count). The van der Waals surface area contributed by atoms with Gasteiger partial charge in [-0.3, -0.25) is 9.79 Å². The van der Waals surface area contributed by atoms with E-state index in [0.717, 1.165) is 24.0 Å². The molecule has 29 heavy (non-hydrogen) atoms. The first-order valence-corrected chi connectivity index (χ1v) is 9.88. The Labute approximate surface area is 169 Å². The summed E-state index contributed by atoms with van der Waals surface area (Å²) in [5, 5.41) is 4.32. The van der Waals surface area contributed by atoms with Crippen LogP contribution in [-0.2, 0) is 0 Å². The zero-order chi connectivity index (χ0) is 20.8. The Balaban J connectivity index is 1.80. The topological polar surface area (TPSA) is 72.8 Å². The molecular weight excluding hydrogens is 367 g/mol. The molecule has 5 nitrogen and oxygen atoms in total. The van der Waals surface area contributed by atoms with E-state index in [-0.39, 0.29) is 11.2 Å². The molecule has 1 aliphatic rings. The number of benzene rings is 1. The first kappa shape index (κ1) is 19.3. The van der Waals surface area contributed by atoms with Gasteiger partial charge in [0.05, 0.1) is 17.3 Å². The minimum absolute atomic E-state index is 0.154. The summed E-state index contributed by atoms with van der Waals surface area (Å²) in [5.74, 6) is 0.101. The molecule has 3 aromatic rings. The molecule has 2 aromatic heterocycles. The number of carbonyl (C=O) groups excluding carboxylic acids is 1. The number of aromatic nitrogens is 2. The summed E-state index contributed by atoms with van der Waals surface area (Å²) in [7, 11) is 0. The average molecular weight is 392 g/mol. The number of nitrogens with zero attached hydrogens (tertiary/aromatic N) is 3. The van der Waals surface area contributed by atoms with Gasteiger partial charge in [0, 0.05) is 18.0 Å². The van der Waals surface area contributed by atoms with Crippen LogP contribution >= 0.6 is 0 Å². The minimum atomic E-state index is -0.560. The summed E-state index contributed by atoms with van der Waals surface area (Å²) in [4.78, 5) is 16.8. The van der Waals surface area contributed by atoms with Gasteiger partial charge in [-0.2, -0.15) is 5.10 Å². The zero-order valence-electron chi connectivity index (χ0n) is 16.9. The maximum Gasteiger partial charge on any atom is 0.252 e. The van der Waals surface area contributed by atoms with Crippen molar-refractivity contribution in [2.75, 3.05) is 0 Å². The monoisotopic (exact) mass is 392 g/mol. The lowest BCUT2D eigenvalue weighted by Crippen LogP contribution is -2.24. The number of halogens is 1. The van der Waals surface area contributed by atoms with Crippen LogP contribution in [0.25, 0.3) is 16.6 Å². The van der Waals surface area contributed by atoms with Crippen molar-refractivity contribution in [3.63, 3.8) is 0 Å². The molecular formula is C23H25FN4O. The second-order valence-corrected chi connectivity index (χ2v) is 8.52. The fourth-order valence-corrected chi connectivity index (χ4v) is 4.13. The van der Waals surface area contributed by atoms with E-state index in [9.17, 15) is 9.18 Å². The summed E-state index contributed by atoms with van der Waals surface area (Å²) in [6.07, 6.45) is 7.51. The van der Waals surface area contributed by atoms with E-state index in [4.69, 9.17) is 10.7 Å². The van der Waals surface area contributed by atoms with Crippen LogP contribution in [0.1, 0.15) is 44.0 Å². The Morgan fingerprint density at radius 2 is 2.00 bits per heavy atom. The fourth-order valence-electron chi connectivity index (χ4n) is 4.13. The van der Waals surface area contributed by atoms with Gasteiger partial charge in [-0.15, -0.1) is 0 Å². The molecule has 0 bridgehead atoms. The molecule has 1 fully saturated rings. The van der Waals surface area contributed by atoms with Crippen LogP contribution in [0.15, 0.2) is 47.7 Å². The van der Waals surface area contributed by atoms with Crippen LogP contribution in [0.2, 0.25) is 0 Å². The molecule has 1 aliphatic carbocycles. The van der Waals surface area contributed by atoms with Gasteiger partial charge < -0.3 is 5.73 Å². The maximum absolute atomic E-state index is 13.3. The molecule has 0 radical (unpaired) electrons. The molecule has 0 spiro atoms. The largest absolute Gasteiger partial charge is 0.365 e. The maximum atomic E-state index is 13.3. The summed E-state index contributed by atoms with van der Waals surface area (Å²) >= 11 is 0. The number of primary amides is 1. The standard InChI is InChI=1S/C23H25FN4O/c1-14-4-7-17(23(14,2)3)11-26-21-19(22(25)29)12-27-28-13-16(10-20(21)28)15-5-8-18(24)9-6-15/h5-6,8-14,17H,4,7H2,1-3H3,(H2,25,29). The van der Waals surface area contributed by atoms with E-state index < -0.39 is 5.91 Å². The van der Waals surface area contributed by atoms with Crippen molar-refractivity contribution in [2.24, 2.45) is 28.0 Å². The number of nitrogens with two attached hydrogens (primary N) is 1. The normalized spacial score (nSPS) is 21.2. The van der Waals surface area contributed by atoms with E-state index in [1.165, 1.54) is 18.3 Å². The highest BCUT2D eigenvalue weighted by Crippen LogP contribution is 2.46. The molecule has 0 saturated heterocycles. The second kappa shape index (κ2) is 7.10. The van der Waals surface area contributed by atoms with E-state index in [2.05, 4.69) is 25.9 Å². The third kappa shape index (κ3) is 3.43. The highest BCUT2D eigenvalue weighted by Gasteiger charge is 2.39. The number of aliphatic imine (C=N–C) groups is 1. The number of carbonyl (C=O) groups is 1. The number of amides is 1. The molecule has 6 heteroatoms. The van der Waals surface area contributed by atoms with Gasteiger partial charge in [0.15, 0.2) is 0 Å². The SMILES string of the molecule is CC1CCC(C=Nc2c(C(N)=O)cnn3cc(-c4ccc(F)cc4)cc23)C1(C)C. The van der Waals surface area contributed by atoms with E-state index in [1.807, 2.05) is 18.5 Å². The van der Waals surface area contributed by atoms with Crippen LogP contribution in [-0.4, -0.2) is 21.7 Å². The van der Waals surface area contributed by atoms with Crippen LogP contribution in [0.5, 0.6) is 0 Å². The first-order chi connectivity index (χ1) is 13.8. The lowest BCUT2D eigenvalue weighted by Gasteiger charge is -2.28. The van der Waals surface area contributed by atoms with Crippen LogP contribution in [0, 0.1) is 23.1 Å². The Bertz CT molecular complexity index is 1100. The number of fused-ring (bicyclic) bond motifs is 1. The van der Waals surface area contributed by atoms with Crippen molar-refractivity contribution >= 4 is 23.3 Å². The summed E-state index contributed by atoms with van der Waals surface area (Å²) in [6.45, 7) is 6.81. The molecule has 1 amide bonds. The zero-order valence-corrected chi connectivity index (χ0v) is 16.9. The Morgan fingerprint density at radius 1 is 1.28 bits per heavy atom. The van der Waals surface area contributed by atoms with Crippen LogP contribution in [0.3, 0.4) is 0 Å². The van der Waals surface area contributed by atoms with Gasteiger partial charge in [-0.05, 0) is 53.9 Å². The summed E-state index contributed by atoms with van der Waals surface area (Å²) in [5.41, 5.74) is 8.99. The molecule has 2 atom stereocenters. The van der Waals surface area contributed by atoms with Crippen molar-refractivity contribution in [2.45, 2.75) is 33.6 Å². The number of hydrogen-bond donors (Lipinski definition) is 1. The van der Waals surface area contributed by atoms with Crippen molar-refractivity contribution in [3.8, 4) is 11.1 Å². The van der Waals surface area contributed by atoms with Gasteiger partial charge in [0.25, 0.3) is 5.91 Å². The van der Waals surface area contributed by atoms with Crippen molar-refractivity contribution in [3.05, 3.63) is 54.1 Å². The third-order valence-electron chi connectivity index (χ3n) is 6.57. The Hall–Kier alpha value is -3.02. The van der Waals surface area contributed by atoms with E-state index >= 15 is 0 Å². The van der Waals surface area contributed by atoms with Crippen molar-refractivity contribution in [1.29, 1.82) is 0 Å². The predicted molar refractivity (Wildman–Crippen MR) is 113 cm³/mol. The number of rotatable bonds is 4. The van der Waals surface area contributed by atoms with Gasteiger partial charge in [-0.1, -0.05) is 32.9 Å². The molecule has 1 saturated carbocycles. The number of hydrogen-bond acceptors (Lipinski definition) is 3. The van der Waals surface area contributed by atoms with Gasteiger partial charge >= 0.3 is 0 Å². The summed E-state index contributed by atoms with van der Waals surface area (Å²) in [6, 6.07) is 8.17. The van der Waals surface area contributed by atoms with Gasteiger partial charge in [0.1, 0.15) is 11.5 Å². The molecule has 150 valence electrons. The highest BCUT2D eigenvalue weighted by atomic mass is 19.1. The van der Waals surface area contributed by atoms with E-state index in [0.29, 0.717) is 28.6 Å². The molecule has 1 aromatic carbocycles. The molecule has 2 heterocycles. The average Bonchev–Trinajstić information content (AvgIpc) is 3.22. The lowest BCUT2D eigenvalue weighted by molar-refractivity contribution is 0.100. The van der Waals surface area contributed by atoms with Crippen LogP contribution in [0.4, 0.5) is 10.1 Å². The first-order valence-electron chi connectivity index (χ1n) is 9.88. The quantitative estimate of drug-likeness (QED) is 0.634. The molecule has 2 N–H and O–H groups in total. The molecule has 2 unspecified atom stereocenters. The van der Waals surface area contributed by atoms with Gasteiger partial charge in [-0.25, -0.2) is 8.91 Å². The minimum Gasteiger partial charge on any atom is -0.365 e. The third-order valence-corrected chi connectivity index (χ3v) is 6.57. The highest BCUT2D eigenvalue weighted by molar-refractivity contribution is 6.02. The van der Waals surface area contributed by atoms with Crippen molar-refractivity contribution in [1.82, 2.24) is 9.61 Å². The van der Waals surface area contributed by atoms with Crippen molar-refractivity contribution < 1.29 is 9.18 Å². The van der Waals surface area contributed by atoms with E-state index in [1.54, 1.807) is 16.6 Å². The Morgan fingerprint density at radius 3 is 2.62 bits per heavy atom. The lowest BCUT2D eigenvalue weighted by atomic mass is 9.77. The summed E-state index contributed by atoms with van der Waals surface area (Å²) < 4.78 is 14.9.